The summed E-state index contributed by atoms with van der Waals surface area (Å²) in [6, 6.07) is 23.5. The maximum Gasteiger partial charge on any atom is 0.225 e. The van der Waals surface area contributed by atoms with Crippen molar-refractivity contribution in [2.45, 2.75) is 46.3 Å². The molecular weight excluding hydrogens is 332 g/mol. The summed E-state index contributed by atoms with van der Waals surface area (Å²) >= 11 is 0. The Morgan fingerprint density at radius 1 is 0.852 bits per heavy atom. The molecule has 0 radical (unpaired) electrons. The molecule has 3 aromatic rings. The molecule has 27 heavy (non-hydrogen) atoms. The molecular formula is C23H28N4. The molecule has 0 unspecified atom stereocenters. The van der Waals surface area contributed by atoms with Gasteiger partial charge in [0.15, 0.2) is 0 Å². The number of anilines is 2. The molecule has 2 aromatic carbocycles. The second-order valence-corrected chi connectivity index (χ2v) is 7.31. The average Bonchev–Trinajstić information content (AvgIpc) is 2.66. The van der Waals surface area contributed by atoms with Crippen LogP contribution < -0.4 is 10.2 Å². The summed E-state index contributed by atoms with van der Waals surface area (Å²) in [5.74, 6) is 1.60. The largest absolute Gasteiger partial charge is 0.352 e. The smallest absolute Gasteiger partial charge is 0.225 e. The summed E-state index contributed by atoms with van der Waals surface area (Å²) in [4.78, 5) is 11.9. The van der Waals surface area contributed by atoms with Gasteiger partial charge in [-0.15, -0.1) is 0 Å². The van der Waals surface area contributed by atoms with Crippen LogP contribution in [0.15, 0.2) is 66.7 Å². The van der Waals surface area contributed by atoms with Gasteiger partial charge in [0.05, 0.1) is 5.69 Å². The van der Waals surface area contributed by atoms with E-state index in [1.807, 2.05) is 24.3 Å². The summed E-state index contributed by atoms with van der Waals surface area (Å²) < 4.78 is 0. The van der Waals surface area contributed by atoms with Crippen LogP contribution in [0.5, 0.6) is 0 Å². The maximum absolute atomic E-state index is 4.82. The van der Waals surface area contributed by atoms with Crippen LogP contribution in [0, 0.1) is 0 Å². The molecule has 0 bridgehead atoms. The van der Waals surface area contributed by atoms with Crippen molar-refractivity contribution in [2.75, 3.05) is 10.2 Å². The molecule has 1 N–H and O–H groups in total. The molecule has 0 saturated carbocycles. The highest BCUT2D eigenvalue weighted by atomic mass is 15.2. The maximum atomic E-state index is 4.82. The molecule has 0 saturated heterocycles. The van der Waals surface area contributed by atoms with Gasteiger partial charge in [-0.3, -0.25) is 0 Å². The molecule has 0 atom stereocenters. The standard InChI is InChI=1S/C23H28N4/c1-17(2)24-23-25-21(20-13-9-6-10-14-20)15-22(26-23)27(18(3)4)16-19-11-7-5-8-12-19/h5-15,17-18H,16H2,1-4H3,(H,24,25,26). The molecule has 4 heteroatoms. The van der Waals surface area contributed by atoms with Crippen molar-refractivity contribution < 1.29 is 0 Å². The number of rotatable bonds is 7. The van der Waals surface area contributed by atoms with Gasteiger partial charge in [-0.2, -0.15) is 4.98 Å². The lowest BCUT2D eigenvalue weighted by Gasteiger charge is -2.29. The molecule has 140 valence electrons. The predicted octanol–water partition coefficient (Wildman–Crippen LogP) is 5.38. The van der Waals surface area contributed by atoms with Crippen LogP contribution in [-0.2, 0) is 6.54 Å². The van der Waals surface area contributed by atoms with Gasteiger partial charge < -0.3 is 10.2 Å². The van der Waals surface area contributed by atoms with Gasteiger partial charge in [0.1, 0.15) is 5.82 Å². The summed E-state index contributed by atoms with van der Waals surface area (Å²) in [6.07, 6.45) is 0. The lowest BCUT2D eigenvalue weighted by molar-refractivity contribution is 0.671. The van der Waals surface area contributed by atoms with Gasteiger partial charge in [-0.1, -0.05) is 60.7 Å². The minimum absolute atomic E-state index is 0.269. The third kappa shape index (κ3) is 5.07. The highest BCUT2D eigenvalue weighted by Crippen LogP contribution is 2.26. The van der Waals surface area contributed by atoms with Crippen molar-refractivity contribution in [2.24, 2.45) is 0 Å². The summed E-state index contributed by atoms with van der Waals surface area (Å²) in [7, 11) is 0. The molecule has 0 amide bonds. The van der Waals surface area contributed by atoms with E-state index in [-0.39, 0.29) is 6.04 Å². The summed E-state index contributed by atoms with van der Waals surface area (Å²) in [5.41, 5.74) is 3.29. The molecule has 0 fully saturated rings. The first-order valence-electron chi connectivity index (χ1n) is 9.54. The zero-order valence-electron chi connectivity index (χ0n) is 16.6. The number of nitrogens with zero attached hydrogens (tertiary/aromatic N) is 3. The third-order valence-corrected chi connectivity index (χ3v) is 4.31. The van der Waals surface area contributed by atoms with Crippen LogP contribution in [0.25, 0.3) is 11.3 Å². The van der Waals surface area contributed by atoms with E-state index in [0.29, 0.717) is 12.0 Å². The van der Waals surface area contributed by atoms with E-state index in [0.717, 1.165) is 23.6 Å². The van der Waals surface area contributed by atoms with Gasteiger partial charge in [-0.25, -0.2) is 4.98 Å². The van der Waals surface area contributed by atoms with Crippen LogP contribution in [0.4, 0.5) is 11.8 Å². The zero-order valence-corrected chi connectivity index (χ0v) is 16.6. The van der Waals surface area contributed by atoms with Crippen molar-refractivity contribution in [3.63, 3.8) is 0 Å². The number of nitrogens with one attached hydrogen (secondary N) is 1. The topological polar surface area (TPSA) is 41.1 Å². The normalized spacial score (nSPS) is 11.0. The van der Waals surface area contributed by atoms with Crippen LogP contribution in [0.1, 0.15) is 33.3 Å². The Hall–Kier alpha value is -2.88. The van der Waals surface area contributed by atoms with Crippen LogP contribution in [0.3, 0.4) is 0 Å². The van der Waals surface area contributed by atoms with Crippen LogP contribution >= 0.6 is 0 Å². The fraction of sp³-hybridized carbons (Fsp3) is 0.304. The Kier molecular flexibility index (Phi) is 6.07. The van der Waals surface area contributed by atoms with Gasteiger partial charge in [0, 0.05) is 30.3 Å². The molecule has 0 aliphatic rings. The minimum atomic E-state index is 0.269. The predicted molar refractivity (Wildman–Crippen MR) is 114 cm³/mol. The van der Waals surface area contributed by atoms with E-state index in [1.165, 1.54) is 5.56 Å². The Labute approximate surface area is 162 Å². The molecule has 0 aliphatic heterocycles. The number of hydrogen-bond acceptors (Lipinski definition) is 4. The van der Waals surface area contributed by atoms with Crippen LogP contribution in [0.2, 0.25) is 0 Å². The number of benzene rings is 2. The van der Waals surface area contributed by atoms with Gasteiger partial charge >= 0.3 is 0 Å². The first-order chi connectivity index (χ1) is 13.0. The third-order valence-electron chi connectivity index (χ3n) is 4.31. The Balaban J connectivity index is 2.02. The Morgan fingerprint density at radius 2 is 1.48 bits per heavy atom. The molecule has 0 aliphatic carbocycles. The monoisotopic (exact) mass is 360 g/mol. The lowest BCUT2D eigenvalue weighted by atomic mass is 10.1. The molecule has 0 spiro atoms. The van der Waals surface area contributed by atoms with Gasteiger partial charge in [-0.05, 0) is 33.3 Å². The van der Waals surface area contributed by atoms with E-state index < -0.39 is 0 Å². The molecule has 3 rings (SSSR count). The summed E-state index contributed by atoms with van der Waals surface area (Å²) in [6.45, 7) is 9.40. The van der Waals surface area contributed by atoms with Gasteiger partial charge in [0.2, 0.25) is 5.95 Å². The summed E-state index contributed by atoms with van der Waals surface area (Å²) in [5, 5.41) is 3.36. The lowest BCUT2D eigenvalue weighted by Crippen LogP contribution is -2.31. The molecule has 4 nitrogen and oxygen atoms in total. The van der Waals surface area contributed by atoms with Gasteiger partial charge in [0.25, 0.3) is 0 Å². The SMILES string of the molecule is CC(C)Nc1nc(-c2ccccc2)cc(N(Cc2ccccc2)C(C)C)n1. The van der Waals surface area contributed by atoms with Crippen molar-refractivity contribution in [1.82, 2.24) is 9.97 Å². The number of aromatic nitrogens is 2. The Morgan fingerprint density at radius 3 is 2.07 bits per heavy atom. The number of hydrogen-bond donors (Lipinski definition) is 1. The Bertz CT molecular complexity index is 845. The van der Waals surface area contributed by atoms with Crippen LogP contribution in [-0.4, -0.2) is 22.1 Å². The van der Waals surface area contributed by atoms with E-state index in [9.17, 15) is 0 Å². The fourth-order valence-corrected chi connectivity index (χ4v) is 2.97. The van der Waals surface area contributed by atoms with E-state index >= 15 is 0 Å². The van der Waals surface area contributed by atoms with E-state index in [1.54, 1.807) is 0 Å². The minimum Gasteiger partial charge on any atom is -0.352 e. The van der Waals surface area contributed by atoms with Crippen molar-refractivity contribution in [1.29, 1.82) is 0 Å². The molecule has 1 aromatic heterocycles. The highest BCUT2D eigenvalue weighted by molar-refractivity contribution is 5.65. The molecule has 1 heterocycles. The van der Waals surface area contributed by atoms with Crippen molar-refractivity contribution in [3.8, 4) is 11.3 Å². The first kappa shape index (κ1) is 18.9. The average molecular weight is 361 g/mol. The second kappa shape index (κ2) is 8.67. The van der Waals surface area contributed by atoms with Crippen molar-refractivity contribution >= 4 is 11.8 Å². The zero-order chi connectivity index (χ0) is 19.2. The van der Waals surface area contributed by atoms with E-state index in [4.69, 9.17) is 9.97 Å². The fourth-order valence-electron chi connectivity index (χ4n) is 2.97. The van der Waals surface area contributed by atoms with Crippen molar-refractivity contribution in [3.05, 3.63) is 72.3 Å². The highest BCUT2D eigenvalue weighted by Gasteiger charge is 2.16. The first-order valence-corrected chi connectivity index (χ1v) is 9.54. The van der Waals surface area contributed by atoms with E-state index in [2.05, 4.69) is 80.4 Å². The second-order valence-electron chi connectivity index (χ2n) is 7.31. The quantitative estimate of drug-likeness (QED) is 0.614.